The fourth-order valence-electron chi connectivity index (χ4n) is 6.46. The molecule has 1 unspecified atom stereocenters. The summed E-state index contributed by atoms with van der Waals surface area (Å²) in [6, 6.07) is 9.00. The number of para-hydroxylation sites is 1. The highest BCUT2D eigenvalue weighted by Crippen LogP contribution is 2.49. The first-order valence-electron chi connectivity index (χ1n) is 13.1. The van der Waals surface area contributed by atoms with Crippen molar-refractivity contribution < 1.29 is 4.74 Å². The highest BCUT2D eigenvalue weighted by Gasteiger charge is 2.43. The Hall–Kier alpha value is -2.31. The zero-order valence-corrected chi connectivity index (χ0v) is 22.8. The first-order chi connectivity index (χ1) is 16.6. The van der Waals surface area contributed by atoms with Crippen LogP contribution in [0.2, 0.25) is 0 Å². The first-order valence-corrected chi connectivity index (χ1v) is 13.9. The van der Waals surface area contributed by atoms with Crippen molar-refractivity contribution in [2.75, 3.05) is 36.9 Å². The number of thiazole rings is 1. The predicted octanol–water partition coefficient (Wildman–Crippen LogP) is 5.95. The number of fused-ring (bicyclic) bond motifs is 4. The van der Waals surface area contributed by atoms with Crippen molar-refractivity contribution in [3.8, 4) is 5.75 Å². The summed E-state index contributed by atoms with van der Waals surface area (Å²) < 4.78 is 8.06. The molecule has 3 aliphatic rings. The van der Waals surface area contributed by atoms with Gasteiger partial charge in [-0.15, -0.1) is 0 Å². The molecule has 0 aliphatic carbocycles. The maximum absolute atomic E-state index is 6.79. The van der Waals surface area contributed by atoms with Crippen LogP contribution in [-0.4, -0.2) is 53.7 Å². The molecule has 5 nitrogen and oxygen atoms in total. The maximum atomic E-state index is 6.79. The molecular formula is C29H38N4OS. The Bertz CT molecular complexity index is 1260. The molecule has 3 aromatic rings. The Morgan fingerprint density at radius 2 is 1.83 bits per heavy atom. The molecule has 1 fully saturated rings. The summed E-state index contributed by atoms with van der Waals surface area (Å²) >= 11 is 1.81. The largest absolute Gasteiger partial charge is 0.485 e. The van der Waals surface area contributed by atoms with Gasteiger partial charge in [0.25, 0.3) is 0 Å². The molecule has 3 aliphatic heterocycles. The number of piperidine rings is 1. The smallest absolute Gasteiger partial charge is 0.186 e. The summed E-state index contributed by atoms with van der Waals surface area (Å²) in [5.74, 6) is 1.16. The van der Waals surface area contributed by atoms with E-state index in [1.54, 1.807) is 11.3 Å². The molecule has 1 atom stereocenters. The van der Waals surface area contributed by atoms with Gasteiger partial charge in [-0.3, -0.25) is 4.90 Å². The van der Waals surface area contributed by atoms with Crippen molar-refractivity contribution in [3.63, 3.8) is 0 Å². The average Bonchev–Trinajstić information content (AvgIpc) is 3.50. The molecule has 0 bridgehead atoms. The van der Waals surface area contributed by atoms with Gasteiger partial charge in [0.2, 0.25) is 0 Å². The lowest BCUT2D eigenvalue weighted by Gasteiger charge is -2.39. The number of ether oxygens (including phenoxy) is 1. The number of hydrogen-bond acceptors (Lipinski definition) is 6. The average molecular weight is 491 g/mol. The molecule has 1 N–H and O–H groups in total. The van der Waals surface area contributed by atoms with Crippen LogP contribution in [0.4, 0.5) is 10.8 Å². The molecule has 0 amide bonds. The lowest BCUT2D eigenvalue weighted by molar-refractivity contribution is 0.0524. The van der Waals surface area contributed by atoms with E-state index in [1.807, 2.05) is 0 Å². The SMILES string of the molecule is Cc1c(C)c2c(c3c1NC(C)(C)C3)CC(C)(CN1CCC(N(C)c3nc4ccccc4s3)CC1)O2. The number of rotatable bonds is 4. The number of benzene rings is 2. The van der Waals surface area contributed by atoms with Gasteiger partial charge in [-0.2, -0.15) is 0 Å². The molecule has 4 heterocycles. The number of anilines is 2. The number of likely N-dealkylation sites (tertiary alicyclic amines) is 1. The fraction of sp³-hybridized carbons (Fsp3) is 0.552. The van der Waals surface area contributed by atoms with Crippen LogP contribution in [0.1, 0.15) is 55.9 Å². The Labute approximate surface area is 213 Å². The van der Waals surface area contributed by atoms with Gasteiger partial charge in [-0.1, -0.05) is 23.5 Å². The zero-order valence-electron chi connectivity index (χ0n) is 22.0. The van der Waals surface area contributed by atoms with Crippen LogP contribution in [0.5, 0.6) is 5.75 Å². The molecule has 2 aromatic carbocycles. The minimum absolute atomic E-state index is 0.116. The Kier molecular flexibility index (Phi) is 5.35. The second-order valence-electron chi connectivity index (χ2n) is 11.9. The van der Waals surface area contributed by atoms with Gasteiger partial charge in [-0.25, -0.2) is 4.98 Å². The van der Waals surface area contributed by atoms with Crippen LogP contribution < -0.4 is 15.0 Å². The van der Waals surface area contributed by atoms with E-state index in [9.17, 15) is 0 Å². The zero-order chi connectivity index (χ0) is 24.5. The quantitative estimate of drug-likeness (QED) is 0.489. The topological polar surface area (TPSA) is 40.6 Å². The van der Waals surface area contributed by atoms with Gasteiger partial charge in [0.05, 0.1) is 10.2 Å². The molecule has 6 rings (SSSR count). The van der Waals surface area contributed by atoms with E-state index in [0.717, 1.165) is 48.9 Å². The van der Waals surface area contributed by atoms with Gasteiger partial charge in [0, 0.05) is 55.9 Å². The van der Waals surface area contributed by atoms with E-state index < -0.39 is 0 Å². The van der Waals surface area contributed by atoms with Crippen molar-refractivity contribution in [2.45, 2.75) is 77.5 Å². The third-order valence-corrected chi connectivity index (χ3v) is 9.57. The van der Waals surface area contributed by atoms with Crippen molar-refractivity contribution in [3.05, 3.63) is 46.5 Å². The van der Waals surface area contributed by atoms with Crippen LogP contribution in [0, 0.1) is 13.8 Å². The fourth-order valence-corrected chi connectivity index (χ4v) is 7.46. The maximum Gasteiger partial charge on any atom is 0.186 e. The third kappa shape index (κ3) is 3.99. The van der Waals surface area contributed by atoms with Crippen molar-refractivity contribution >= 4 is 32.4 Å². The molecular weight excluding hydrogens is 452 g/mol. The second kappa shape index (κ2) is 8.10. The van der Waals surface area contributed by atoms with E-state index in [0.29, 0.717) is 6.04 Å². The highest BCUT2D eigenvalue weighted by molar-refractivity contribution is 7.22. The Balaban J connectivity index is 1.13. The Morgan fingerprint density at radius 1 is 1.09 bits per heavy atom. The van der Waals surface area contributed by atoms with E-state index in [2.05, 4.69) is 81.0 Å². The summed E-state index contributed by atoms with van der Waals surface area (Å²) in [6.45, 7) is 14.6. The summed E-state index contributed by atoms with van der Waals surface area (Å²) in [5.41, 5.74) is 8.03. The first kappa shape index (κ1) is 23.1. The van der Waals surface area contributed by atoms with E-state index in [4.69, 9.17) is 9.72 Å². The minimum Gasteiger partial charge on any atom is -0.485 e. The van der Waals surface area contributed by atoms with Crippen LogP contribution in [0.3, 0.4) is 0 Å². The molecule has 0 spiro atoms. The van der Waals surface area contributed by atoms with Gasteiger partial charge >= 0.3 is 0 Å². The van der Waals surface area contributed by atoms with Gasteiger partial charge in [-0.05, 0) is 82.7 Å². The monoisotopic (exact) mass is 490 g/mol. The number of nitrogens with zero attached hydrogens (tertiary/aromatic N) is 3. The van der Waals surface area contributed by atoms with Crippen molar-refractivity contribution in [2.24, 2.45) is 0 Å². The Morgan fingerprint density at radius 3 is 2.57 bits per heavy atom. The summed E-state index contributed by atoms with van der Waals surface area (Å²) in [7, 11) is 2.22. The summed E-state index contributed by atoms with van der Waals surface area (Å²) in [4.78, 5) is 9.92. The van der Waals surface area contributed by atoms with E-state index in [1.165, 1.54) is 45.5 Å². The third-order valence-electron chi connectivity index (χ3n) is 8.45. The molecule has 0 radical (unpaired) electrons. The second-order valence-corrected chi connectivity index (χ2v) is 12.9. The molecule has 186 valence electrons. The lowest BCUT2D eigenvalue weighted by Crippen LogP contribution is -2.50. The number of nitrogens with one attached hydrogen (secondary N) is 1. The molecule has 0 saturated carbocycles. The number of hydrogen-bond donors (Lipinski definition) is 1. The highest BCUT2D eigenvalue weighted by atomic mass is 32.1. The minimum atomic E-state index is -0.160. The van der Waals surface area contributed by atoms with Crippen LogP contribution >= 0.6 is 11.3 Å². The van der Waals surface area contributed by atoms with E-state index in [-0.39, 0.29) is 11.1 Å². The normalized spacial score (nSPS) is 23.7. The van der Waals surface area contributed by atoms with Gasteiger partial charge in [0.1, 0.15) is 11.4 Å². The van der Waals surface area contributed by atoms with Gasteiger partial charge < -0.3 is 15.0 Å². The predicted molar refractivity (Wildman–Crippen MR) is 148 cm³/mol. The van der Waals surface area contributed by atoms with Crippen molar-refractivity contribution in [1.29, 1.82) is 0 Å². The standard InChI is InChI=1S/C29H38N4OS/c1-18-19(2)26-22(21-15-28(3,4)31-25(18)21)16-29(5,34-26)17-33-13-11-20(12-14-33)32(6)27-30-23-9-7-8-10-24(23)35-27/h7-10,20,31H,11-17H2,1-6H3. The van der Waals surface area contributed by atoms with Crippen LogP contribution in [0.15, 0.2) is 24.3 Å². The molecule has 1 aromatic heterocycles. The lowest BCUT2D eigenvalue weighted by atomic mass is 9.88. The van der Waals surface area contributed by atoms with Crippen molar-refractivity contribution in [1.82, 2.24) is 9.88 Å². The van der Waals surface area contributed by atoms with Gasteiger partial charge in [0.15, 0.2) is 5.13 Å². The summed E-state index contributed by atoms with van der Waals surface area (Å²) in [6.07, 6.45) is 4.42. The summed E-state index contributed by atoms with van der Waals surface area (Å²) in [5, 5.41) is 4.92. The van der Waals surface area contributed by atoms with E-state index >= 15 is 0 Å². The molecule has 6 heteroatoms. The molecule has 35 heavy (non-hydrogen) atoms. The number of aromatic nitrogens is 1. The molecule has 1 saturated heterocycles. The van der Waals surface area contributed by atoms with Crippen LogP contribution in [-0.2, 0) is 12.8 Å². The van der Waals surface area contributed by atoms with Crippen LogP contribution in [0.25, 0.3) is 10.2 Å².